The average Bonchev–Trinajstić information content (AvgIpc) is 2.75. The van der Waals surface area contributed by atoms with Crippen LogP contribution in [-0.2, 0) is 4.74 Å². The van der Waals surface area contributed by atoms with Gasteiger partial charge in [-0.15, -0.1) is 13.2 Å². The maximum Gasteiger partial charge on any atom is 0.162 e. The van der Waals surface area contributed by atoms with E-state index in [9.17, 15) is 4.79 Å². The largest absolute Gasteiger partial charge is 0.381 e. The Balaban J connectivity index is 0.00000253. The molecular weight excluding hydrogens is 346 g/mol. The molecule has 0 saturated carbocycles. The number of Topliss-reactive ketones (excluding diaryl/α,β-unsaturated/α-hetero) is 1. The molecule has 0 unspecified atom stereocenters. The second-order valence-corrected chi connectivity index (χ2v) is 6.86. The van der Waals surface area contributed by atoms with Crippen LogP contribution in [0.15, 0.2) is 67.8 Å². The number of hydrogen-bond donors (Lipinski definition) is 1. The molecule has 1 saturated heterocycles. The first-order chi connectivity index (χ1) is 13.6. The minimum atomic E-state index is 0. The van der Waals surface area contributed by atoms with Crippen LogP contribution in [-0.4, -0.2) is 25.2 Å². The molecule has 0 spiro atoms. The fourth-order valence-electron chi connectivity index (χ4n) is 3.72. The Morgan fingerprint density at radius 3 is 2.29 bits per heavy atom. The number of carbonyl (C=O) groups is 1. The van der Waals surface area contributed by atoms with Crippen molar-refractivity contribution in [3.63, 3.8) is 0 Å². The van der Waals surface area contributed by atoms with Crippen molar-refractivity contribution < 1.29 is 11.0 Å². The predicted octanol–water partition coefficient (Wildman–Crippen LogP) is 6.68. The van der Waals surface area contributed by atoms with Gasteiger partial charge in [-0.2, -0.15) is 0 Å². The summed E-state index contributed by atoms with van der Waals surface area (Å²) >= 11 is 0. The fourth-order valence-corrected chi connectivity index (χ4v) is 3.72. The van der Waals surface area contributed by atoms with E-state index in [2.05, 4.69) is 25.8 Å². The van der Waals surface area contributed by atoms with Crippen LogP contribution in [0.3, 0.4) is 0 Å². The molecule has 1 heterocycles. The van der Waals surface area contributed by atoms with Crippen molar-refractivity contribution in [1.29, 1.82) is 5.41 Å². The van der Waals surface area contributed by atoms with Crippen molar-refractivity contribution >= 4 is 17.6 Å². The Kier molecular flexibility index (Phi) is 10.1. The minimum Gasteiger partial charge on any atom is -0.381 e. The molecule has 2 rings (SSSR count). The van der Waals surface area contributed by atoms with Gasteiger partial charge >= 0.3 is 0 Å². The van der Waals surface area contributed by atoms with E-state index in [1.807, 2.05) is 44.2 Å². The molecule has 0 bridgehead atoms. The molecule has 1 aliphatic rings. The third-order valence-electron chi connectivity index (χ3n) is 5.42. The topological polar surface area (TPSA) is 50.2 Å². The highest BCUT2D eigenvalue weighted by atomic mass is 16.5. The number of benzene rings is 1. The average molecular weight is 382 g/mol. The number of allylic oxidation sites excluding steroid dienone is 5. The lowest BCUT2D eigenvalue weighted by Crippen LogP contribution is -2.31. The quantitative estimate of drug-likeness (QED) is 0.236. The Bertz CT molecular complexity index is 726. The first kappa shape index (κ1) is 23.5. The van der Waals surface area contributed by atoms with Crippen molar-refractivity contribution in [3.8, 4) is 0 Å². The summed E-state index contributed by atoms with van der Waals surface area (Å²) < 4.78 is 5.54. The van der Waals surface area contributed by atoms with Gasteiger partial charge in [-0.3, -0.25) is 4.79 Å². The van der Waals surface area contributed by atoms with Crippen molar-refractivity contribution in [3.05, 3.63) is 78.9 Å². The van der Waals surface area contributed by atoms with Gasteiger partial charge in [-0.25, -0.2) is 0 Å². The summed E-state index contributed by atoms with van der Waals surface area (Å²) in [6.07, 6.45) is 10.3. The highest BCUT2D eigenvalue weighted by Gasteiger charge is 2.35. The Hall–Kier alpha value is -2.52. The first-order valence-corrected chi connectivity index (χ1v) is 9.74. The second-order valence-electron chi connectivity index (χ2n) is 6.86. The van der Waals surface area contributed by atoms with Gasteiger partial charge in [0.2, 0.25) is 0 Å². The maximum atomic E-state index is 12.7. The molecule has 0 radical (unpaired) electrons. The molecule has 1 N–H and O–H groups in total. The zero-order valence-corrected chi connectivity index (χ0v) is 17.3. The summed E-state index contributed by atoms with van der Waals surface area (Å²) in [5, 5.41) is 7.15. The van der Waals surface area contributed by atoms with E-state index in [0.717, 1.165) is 49.2 Å². The summed E-state index contributed by atoms with van der Waals surface area (Å²) in [6.45, 7) is 15.5. The van der Waals surface area contributed by atoms with Gasteiger partial charge in [0.05, 0.1) is 0 Å². The lowest BCUT2D eigenvalue weighted by molar-refractivity contribution is 0.0287. The summed E-state index contributed by atoms with van der Waals surface area (Å²) in [7, 11) is 0. The molecule has 0 aliphatic carbocycles. The number of hydrogen-bond acceptors (Lipinski definition) is 3. The SMILES string of the molecule is C=C.C=C/C(=C\C)C1(CCC(=O)c2ccc(/C(C)=C/C=N)cc2)CCOCC1.[HH]. The van der Waals surface area contributed by atoms with Crippen LogP contribution in [0.2, 0.25) is 0 Å². The maximum absolute atomic E-state index is 12.7. The van der Waals surface area contributed by atoms with Gasteiger partial charge in [0, 0.05) is 32.8 Å². The summed E-state index contributed by atoms with van der Waals surface area (Å²) in [5.41, 5.74) is 4.04. The van der Waals surface area contributed by atoms with Crippen LogP contribution < -0.4 is 0 Å². The molecule has 0 amide bonds. The molecule has 152 valence electrons. The number of carbonyl (C=O) groups excluding carboxylic acids is 1. The van der Waals surface area contributed by atoms with Crippen molar-refractivity contribution in [2.24, 2.45) is 5.41 Å². The second kappa shape index (κ2) is 12.0. The molecule has 3 heteroatoms. The third kappa shape index (κ3) is 6.00. The first-order valence-electron chi connectivity index (χ1n) is 9.74. The molecule has 3 nitrogen and oxygen atoms in total. The Morgan fingerprint density at radius 1 is 1.21 bits per heavy atom. The lowest BCUT2D eigenvalue weighted by atomic mass is 9.70. The highest BCUT2D eigenvalue weighted by Crippen LogP contribution is 2.43. The van der Waals surface area contributed by atoms with Gasteiger partial charge < -0.3 is 10.1 Å². The molecule has 0 atom stereocenters. The summed E-state index contributed by atoms with van der Waals surface area (Å²) in [6, 6.07) is 7.68. The number of nitrogens with one attached hydrogen (secondary N) is 1. The van der Waals surface area contributed by atoms with Crippen molar-refractivity contribution in [2.45, 2.75) is 39.5 Å². The molecule has 1 fully saturated rings. The molecule has 0 aromatic heterocycles. The van der Waals surface area contributed by atoms with E-state index in [1.54, 1.807) is 6.08 Å². The molecule has 1 aromatic carbocycles. The van der Waals surface area contributed by atoms with Crippen LogP contribution in [0.25, 0.3) is 5.57 Å². The van der Waals surface area contributed by atoms with E-state index < -0.39 is 0 Å². The number of rotatable bonds is 8. The molecule has 1 aliphatic heterocycles. The van der Waals surface area contributed by atoms with E-state index >= 15 is 0 Å². The Labute approximate surface area is 171 Å². The van der Waals surface area contributed by atoms with Gasteiger partial charge in [-0.05, 0) is 61.3 Å². The van der Waals surface area contributed by atoms with E-state index in [4.69, 9.17) is 10.1 Å². The van der Waals surface area contributed by atoms with Gasteiger partial charge in [-0.1, -0.05) is 43.0 Å². The van der Waals surface area contributed by atoms with Crippen LogP contribution in [0.5, 0.6) is 0 Å². The predicted molar refractivity (Wildman–Crippen MR) is 122 cm³/mol. The monoisotopic (exact) mass is 381 g/mol. The summed E-state index contributed by atoms with van der Waals surface area (Å²) in [5.74, 6) is 0.176. The van der Waals surface area contributed by atoms with Crippen molar-refractivity contribution in [1.82, 2.24) is 0 Å². The smallest absolute Gasteiger partial charge is 0.162 e. The molecule has 28 heavy (non-hydrogen) atoms. The van der Waals surface area contributed by atoms with Gasteiger partial charge in [0.15, 0.2) is 5.78 Å². The van der Waals surface area contributed by atoms with Crippen LogP contribution >= 0.6 is 0 Å². The highest BCUT2D eigenvalue weighted by molar-refractivity contribution is 5.96. The normalized spacial score (nSPS) is 16.5. The minimum absolute atomic E-state index is 0. The molecule has 1 aromatic rings. The van der Waals surface area contributed by atoms with Crippen molar-refractivity contribution in [2.75, 3.05) is 13.2 Å². The van der Waals surface area contributed by atoms with Crippen LogP contribution in [0.4, 0.5) is 0 Å². The fraction of sp³-hybridized carbons (Fsp3) is 0.360. The lowest BCUT2D eigenvalue weighted by Gasteiger charge is -2.38. The Morgan fingerprint density at radius 2 is 1.79 bits per heavy atom. The number of ether oxygens (including phenoxy) is 1. The molecular formula is C25H35NO2. The standard InChI is InChI=1S/C23H29NO2.C2H4.H2/c1-4-21(5-2)23(13-16-26-17-14-23)12-10-22(25)20-8-6-19(7-9-20)18(3)11-15-24;1-2;/h4-9,11,15,24H,1,10,12-14,16-17H2,2-3H3;1-2H2;1H/b18-11+,21-5+,24-15?;;. The summed E-state index contributed by atoms with van der Waals surface area (Å²) in [4.78, 5) is 12.7. The van der Waals surface area contributed by atoms with Gasteiger partial charge in [0.25, 0.3) is 0 Å². The zero-order valence-electron chi connectivity index (χ0n) is 17.3. The zero-order chi connectivity index (χ0) is 21.0. The van der Waals surface area contributed by atoms with Crippen LogP contribution in [0.1, 0.15) is 56.9 Å². The van der Waals surface area contributed by atoms with E-state index in [-0.39, 0.29) is 12.6 Å². The third-order valence-corrected chi connectivity index (χ3v) is 5.42. The van der Waals surface area contributed by atoms with E-state index in [1.165, 1.54) is 11.8 Å². The van der Waals surface area contributed by atoms with Gasteiger partial charge in [0.1, 0.15) is 0 Å². The van der Waals surface area contributed by atoms with E-state index in [0.29, 0.717) is 6.42 Å². The van der Waals surface area contributed by atoms with Crippen LogP contribution in [0, 0.1) is 10.8 Å². The number of ketones is 1.